The maximum atomic E-state index is 12.3. The number of carbonyl (C=O) groups excluding carboxylic acids is 1. The second-order valence-electron chi connectivity index (χ2n) is 6.11. The second kappa shape index (κ2) is 7.32. The van der Waals surface area contributed by atoms with Crippen LogP contribution in [-0.2, 0) is 11.2 Å². The van der Waals surface area contributed by atoms with Crippen molar-refractivity contribution in [3.05, 3.63) is 56.9 Å². The summed E-state index contributed by atoms with van der Waals surface area (Å²) in [6.07, 6.45) is 4.36. The van der Waals surface area contributed by atoms with Gasteiger partial charge in [-0.1, -0.05) is 24.3 Å². The van der Waals surface area contributed by atoms with Gasteiger partial charge in [-0.05, 0) is 57.9 Å². The molecular formula is C18H20BrN3O2. The zero-order valence-electron chi connectivity index (χ0n) is 13.3. The molecule has 24 heavy (non-hydrogen) atoms. The summed E-state index contributed by atoms with van der Waals surface area (Å²) >= 11 is 3.24. The van der Waals surface area contributed by atoms with Crippen LogP contribution in [0.25, 0.3) is 11.1 Å². The lowest BCUT2D eigenvalue weighted by molar-refractivity contribution is -0.131. The number of H-pyrrole nitrogens is 1. The number of aromatic amines is 1. The number of amides is 1. The molecule has 0 aliphatic carbocycles. The van der Waals surface area contributed by atoms with Gasteiger partial charge in [-0.3, -0.25) is 9.59 Å². The lowest BCUT2D eigenvalue weighted by atomic mass is 10.0. The first-order chi connectivity index (χ1) is 11.5. The van der Waals surface area contributed by atoms with E-state index in [1.807, 2.05) is 29.2 Å². The summed E-state index contributed by atoms with van der Waals surface area (Å²) in [5.41, 5.74) is 8.87. The number of nitrogens with zero attached hydrogens (tertiary/aromatic N) is 1. The Bertz CT molecular complexity index is 780. The molecule has 1 aromatic carbocycles. The highest BCUT2D eigenvalue weighted by molar-refractivity contribution is 9.10. The first-order valence-electron chi connectivity index (χ1n) is 8.06. The Morgan fingerprint density at radius 2 is 1.88 bits per heavy atom. The van der Waals surface area contributed by atoms with Crippen LogP contribution in [0.15, 0.2) is 45.8 Å². The molecule has 1 aromatic heterocycles. The number of halogens is 1. The van der Waals surface area contributed by atoms with Crippen LogP contribution in [0.2, 0.25) is 0 Å². The van der Waals surface area contributed by atoms with E-state index in [1.165, 1.54) is 0 Å². The van der Waals surface area contributed by atoms with E-state index < -0.39 is 6.04 Å². The maximum absolute atomic E-state index is 12.3. The first-order valence-corrected chi connectivity index (χ1v) is 8.86. The Labute approximate surface area is 149 Å². The highest BCUT2D eigenvalue weighted by Gasteiger charge is 2.23. The van der Waals surface area contributed by atoms with E-state index in [1.54, 1.807) is 12.3 Å². The number of hydrogen-bond donors (Lipinski definition) is 2. The van der Waals surface area contributed by atoms with Crippen LogP contribution in [0.5, 0.6) is 0 Å². The molecule has 1 aliphatic rings. The molecule has 0 saturated carbocycles. The molecule has 1 aliphatic heterocycles. The summed E-state index contributed by atoms with van der Waals surface area (Å²) < 4.78 is 0.502. The summed E-state index contributed by atoms with van der Waals surface area (Å²) in [5.74, 6) is 0.0427. The van der Waals surface area contributed by atoms with Crippen LogP contribution in [0.4, 0.5) is 0 Å². The minimum atomic E-state index is -0.490. The zero-order chi connectivity index (χ0) is 17.1. The van der Waals surface area contributed by atoms with Crippen molar-refractivity contribution < 1.29 is 4.79 Å². The van der Waals surface area contributed by atoms with Gasteiger partial charge in [-0.2, -0.15) is 0 Å². The number of benzene rings is 1. The number of pyridine rings is 1. The lowest BCUT2D eigenvalue weighted by Crippen LogP contribution is -2.43. The molecule has 1 amide bonds. The van der Waals surface area contributed by atoms with Crippen molar-refractivity contribution in [1.82, 2.24) is 9.88 Å². The largest absolute Gasteiger partial charge is 0.341 e. The van der Waals surface area contributed by atoms with Crippen LogP contribution in [-0.4, -0.2) is 34.9 Å². The van der Waals surface area contributed by atoms with Gasteiger partial charge in [0.05, 0.1) is 10.5 Å². The third kappa shape index (κ3) is 3.76. The lowest BCUT2D eigenvalue weighted by Gasteiger charge is -2.20. The second-order valence-corrected chi connectivity index (χ2v) is 6.96. The molecule has 126 valence electrons. The normalized spacial score (nSPS) is 15.5. The van der Waals surface area contributed by atoms with Gasteiger partial charge in [-0.25, -0.2) is 0 Å². The van der Waals surface area contributed by atoms with E-state index in [4.69, 9.17) is 5.73 Å². The fourth-order valence-electron chi connectivity index (χ4n) is 2.97. The molecule has 3 rings (SSSR count). The van der Waals surface area contributed by atoms with Crippen molar-refractivity contribution in [2.75, 3.05) is 13.1 Å². The van der Waals surface area contributed by atoms with Crippen molar-refractivity contribution in [2.45, 2.75) is 25.3 Å². The number of nitrogens with one attached hydrogen (secondary N) is 1. The van der Waals surface area contributed by atoms with Crippen LogP contribution < -0.4 is 11.3 Å². The van der Waals surface area contributed by atoms with Crippen LogP contribution >= 0.6 is 15.9 Å². The quantitative estimate of drug-likeness (QED) is 0.841. The summed E-state index contributed by atoms with van der Waals surface area (Å²) in [4.78, 5) is 28.2. The molecule has 5 nitrogen and oxygen atoms in total. The molecule has 0 unspecified atom stereocenters. The zero-order valence-corrected chi connectivity index (χ0v) is 14.9. The molecule has 2 heterocycles. The fourth-order valence-corrected chi connectivity index (χ4v) is 3.33. The fraction of sp³-hybridized carbons (Fsp3) is 0.333. The summed E-state index contributed by atoms with van der Waals surface area (Å²) in [6, 6.07) is 9.20. The monoisotopic (exact) mass is 389 g/mol. The van der Waals surface area contributed by atoms with Gasteiger partial charge < -0.3 is 15.6 Å². The van der Waals surface area contributed by atoms with E-state index in [0.717, 1.165) is 42.6 Å². The van der Waals surface area contributed by atoms with Crippen molar-refractivity contribution in [1.29, 1.82) is 0 Å². The third-order valence-electron chi connectivity index (χ3n) is 4.34. The average molecular weight is 390 g/mol. The molecule has 1 atom stereocenters. The van der Waals surface area contributed by atoms with Gasteiger partial charge in [0.25, 0.3) is 5.56 Å². The Kier molecular flexibility index (Phi) is 5.16. The van der Waals surface area contributed by atoms with Gasteiger partial charge in [0.2, 0.25) is 5.91 Å². The maximum Gasteiger partial charge on any atom is 0.262 e. The smallest absolute Gasteiger partial charge is 0.262 e. The number of hydrogen-bond acceptors (Lipinski definition) is 3. The van der Waals surface area contributed by atoms with Crippen molar-refractivity contribution in [3.8, 4) is 11.1 Å². The minimum absolute atomic E-state index is 0.0427. The molecule has 3 N–H and O–H groups in total. The topological polar surface area (TPSA) is 79.2 Å². The van der Waals surface area contributed by atoms with Crippen molar-refractivity contribution in [2.24, 2.45) is 5.73 Å². The van der Waals surface area contributed by atoms with Gasteiger partial charge in [0.1, 0.15) is 0 Å². The molecule has 0 spiro atoms. The van der Waals surface area contributed by atoms with Crippen LogP contribution in [0.3, 0.4) is 0 Å². The summed E-state index contributed by atoms with van der Waals surface area (Å²) in [7, 11) is 0. The molecule has 0 radical (unpaired) electrons. The predicted octanol–water partition coefficient (Wildman–Crippen LogP) is 2.30. The van der Waals surface area contributed by atoms with E-state index in [9.17, 15) is 9.59 Å². The average Bonchev–Trinajstić information content (AvgIpc) is 3.12. The third-order valence-corrected chi connectivity index (χ3v) is 4.92. The van der Waals surface area contributed by atoms with E-state index in [2.05, 4.69) is 20.9 Å². The van der Waals surface area contributed by atoms with Crippen LogP contribution in [0.1, 0.15) is 18.4 Å². The molecule has 1 saturated heterocycles. The Balaban J connectivity index is 1.68. The summed E-state index contributed by atoms with van der Waals surface area (Å²) in [5, 5.41) is 0. The number of carbonyl (C=O) groups is 1. The van der Waals surface area contributed by atoms with Crippen molar-refractivity contribution in [3.63, 3.8) is 0 Å². The molecule has 1 fully saturated rings. The molecule has 0 bridgehead atoms. The van der Waals surface area contributed by atoms with Crippen LogP contribution in [0, 0.1) is 0 Å². The van der Waals surface area contributed by atoms with Gasteiger partial charge in [-0.15, -0.1) is 0 Å². The Hall–Kier alpha value is -1.92. The van der Waals surface area contributed by atoms with Gasteiger partial charge >= 0.3 is 0 Å². The molecule has 6 heteroatoms. The van der Waals surface area contributed by atoms with Crippen molar-refractivity contribution >= 4 is 21.8 Å². The number of rotatable bonds is 4. The van der Waals surface area contributed by atoms with E-state index in [0.29, 0.717) is 10.9 Å². The predicted molar refractivity (Wildman–Crippen MR) is 97.7 cm³/mol. The van der Waals surface area contributed by atoms with Gasteiger partial charge in [0, 0.05) is 19.3 Å². The Morgan fingerprint density at radius 1 is 1.21 bits per heavy atom. The molecule has 2 aromatic rings. The highest BCUT2D eigenvalue weighted by atomic mass is 79.9. The van der Waals surface area contributed by atoms with E-state index in [-0.39, 0.29) is 11.5 Å². The first kappa shape index (κ1) is 16.9. The highest BCUT2D eigenvalue weighted by Crippen LogP contribution is 2.21. The minimum Gasteiger partial charge on any atom is -0.341 e. The van der Waals surface area contributed by atoms with Gasteiger partial charge in [0.15, 0.2) is 0 Å². The summed E-state index contributed by atoms with van der Waals surface area (Å²) in [6.45, 7) is 1.65. The number of nitrogens with two attached hydrogens (primary N) is 1. The number of likely N-dealkylation sites (tertiary alicyclic amines) is 1. The van der Waals surface area contributed by atoms with E-state index >= 15 is 0 Å². The number of aromatic nitrogens is 1. The Morgan fingerprint density at radius 3 is 2.50 bits per heavy atom. The molecular weight excluding hydrogens is 370 g/mol. The SMILES string of the molecule is N[C@@H](Cc1ccc(-c2c[nH]c(=O)c(Br)c2)cc1)C(=O)N1CCCC1. The standard InChI is InChI=1S/C18H20BrN3O2/c19-15-10-14(11-21-17(15)23)13-5-3-12(4-6-13)9-16(20)18(24)22-7-1-2-8-22/h3-6,10-11,16H,1-2,7-9,20H2,(H,21,23)/t16-/m0/s1.